The highest BCUT2D eigenvalue weighted by molar-refractivity contribution is 6.35. The number of pyridine rings is 1. The second-order valence-corrected chi connectivity index (χ2v) is 7.87. The monoisotopic (exact) mass is 471 g/mol. The predicted molar refractivity (Wildman–Crippen MR) is 136 cm³/mol. The molecule has 34 heavy (non-hydrogen) atoms. The Balaban J connectivity index is 0.000000172. The number of rotatable bonds is 3. The second kappa shape index (κ2) is 9.72. The Hall–Kier alpha value is -4.23. The summed E-state index contributed by atoms with van der Waals surface area (Å²) >= 11 is 6.16. The first-order chi connectivity index (χ1) is 16.4. The summed E-state index contributed by atoms with van der Waals surface area (Å²) in [7, 11) is 0. The summed E-state index contributed by atoms with van der Waals surface area (Å²) in [6.07, 6.45) is 2.30. The molecule has 170 valence electrons. The lowest BCUT2D eigenvalue weighted by Gasteiger charge is -2.12. The molecule has 0 aliphatic rings. The number of hydrogen-bond acceptors (Lipinski definition) is 5. The summed E-state index contributed by atoms with van der Waals surface area (Å²) < 4.78 is 1.63. The number of anilines is 1. The number of aromatic nitrogens is 3. The van der Waals surface area contributed by atoms with Gasteiger partial charge in [-0.05, 0) is 29.7 Å². The van der Waals surface area contributed by atoms with Gasteiger partial charge < -0.3 is 11.5 Å². The van der Waals surface area contributed by atoms with Crippen LogP contribution in [-0.4, -0.2) is 20.4 Å². The van der Waals surface area contributed by atoms with Gasteiger partial charge in [-0.2, -0.15) is 0 Å². The number of nitrogen functional groups attached to an aromatic ring is 1. The van der Waals surface area contributed by atoms with Gasteiger partial charge in [0.1, 0.15) is 11.6 Å². The fourth-order valence-corrected chi connectivity index (χ4v) is 4.00. The largest absolute Gasteiger partial charge is 0.383 e. The van der Waals surface area contributed by atoms with Crippen LogP contribution in [-0.2, 0) is 6.42 Å². The van der Waals surface area contributed by atoms with Crippen LogP contribution in [0.15, 0.2) is 83.8 Å². The Kier molecular flexibility index (Phi) is 6.56. The first kappa shape index (κ1) is 22.9. The van der Waals surface area contributed by atoms with Crippen LogP contribution in [0, 0.1) is 0 Å². The van der Waals surface area contributed by atoms with E-state index in [1.54, 1.807) is 22.9 Å². The minimum Gasteiger partial charge on any atom is -0.383 e. The van der Waals surface area contributed by atoms with E-state index in [1.165, 1.54) is 0 Å². The lowest BCUT2D eigenvalue weighted by Crippen LogP contribution is -2.23. The zero-order chi connectivity index (χ0) is 24.2. The number of hydrogen-bond donors (Lipinski definition) is 2. The molecule has 3 aromatic carbocycles. The first-order valence-electron chi connectivity index (χ1n) is 10.6. The number of nitrogens with two attached hydrogens (primary N) is 2. The van der Waals surface area contributed by atoms with Crippen molar-refractivity contribution in [1.82, 2.24) is 14.5 Å². The molecular weight excluding hydrogens is 450 g/mol. The smallest absolute Gasteiger partial charge is 0.267 e. The van der Waals surface area contributed by atoms with Crippen molar-refractivity contribution in [2.45, 2.75) is 13.3 Å². The van der Waals surface area contributed by atoms with E-state index >= 15 is 0 Å². The van der Waals surface area contributed by atoms with E-state index < -0.39 is 5.91 Å². The zero-order valence-corrected chi connectivity index (χ0v) is 19.2. The fraction of sp³-hybridized carbons (Fsp3) is 0.0769. The number of halogens is 1. The van der Waals surface area contributed by atoms with E-state index in [9.17, 15) is 9.59 Å². The van der Waals surface area contributed by atoms with Crippen LogP contribution in [0.1, 0.15) is 23.1 Å². The van der Waals surface area contributed by atoms with Crippen LogP contribution in [0.4, 0.5) is 5.82 Å². The molecule has 1 amide bonds. The van der Waals surface area contributed by atoms with Crippen molar-refractivity contribution in [2.75, 3.05) is 5.73 Å². The van der Waals surface area contributed by atoms with E-state index in [-0.39, 0.29) is 11.4 Å². The van der Waals surface area contributed by atoms with Crippen LogP contribution in [0.25, 0.3) is 27.4 Å². The van der Waals surface area contributed by atoms with Crippen LogP contribution in [0.5, 0.6) is 0 Å². The Morgan fingerprint density at radius 2 is 1.71 bits per heavy atom. The highest BCUT2D eigenvalue weighted by Crippen LogP contribution is 2.22. The lowest BCUT2D eigenvalue weighted by atomic mass is 10.1. The summed E-state index contributed by atoms with van der Waals surface area (Å²) in [4.78, 5) is 32.4. The molecule has 0 aliphatic heterocycles. The van der Waals surface area contributed by atoms with Crippen LogP contribution >= 0.6 is 11.6 Å². The Morgan fingerprint density at radius 3 is 2.41 bits per heavy atom. The Morgan fingerprint density at radius 1 is 1.00 bits per heavy atom. The van der Waals surface area contributed by atoms with Crippen molar-refractivity contribution in [3.63, 3.8) is 0 Å². The van der Waals surface area contributed by atoms with Gasteiger partial charge in [0.05, 0.1) is 27.2 Å². The van der Waals surface area contributed by atoms with Gasteiger partial charge in [0.25, 0.3) is 11.5 Å². The molecule has 0 spiro atoms. The minimum atomic E-state index is -0.549. The molecule has 5 rings (SSSR count). The number of para-hydroxylation sites is 1. The number of aryl methyl sites for hydroxylation is 1. The van der Waals surface area contributed by atoms with Gasteiger partial charge in [-0.25, -0.2) is 9.97 Å². The van der Waals surface area contributed by atoms with E-state index in [1.807, 2.05) is 67.6 Å². The number of carbonyl (C=O) groups is 1. The molecule has 0 atom stereocenters. The summed E-state index contributed by atoms with van der Waals surface area (Å²) in [6, 6.07) is 22.2. The van der Waals surface area contributed by atoms with Gasteiger partial charge in [0, 0.05) is 18.0 Å². The van der Waals surface area contributed by atoms with E-state index in [0.29, 0.717) is 27.9 Å². The van der Waals surface area contributed by atoms with Crippen LogP contribution < -0.4 is 17.0 Å². The predicted octanol–water partition coefficient (Wildman–Crippen LogP) is 4.52. The molecule has 4 N–H and O–H groups in total. The molecule has 0 fully saturated rings. The molecular formula is C26H22ClN5O2. The SMILES string of the molecule is CCc1nc2cccc(Cl)c2c(=O)n1-c1ccccc1.NC(=O)c1c(N)ncc2ccccc12. The molecule has 7 nitrogen and oxygen atoms in total. The van der Waals surface area contributed by atoms with Crippen LogP contribution in [0.2, 0.25) is 5.02 Å². The first-order valence-corrected chi connectivity index (χ1v) is 11.0. The Labute approximate surface area is 200 Å². The third-order valence-corrected chi connectivity index (χ3v) is 5.64. The number of carbonyl (C=O) groups excluding carboxylic acids is 1. The number of benzene rings is 3. The zero-order valence-electron chi connectivity index (χ0n) is 18.4. The highest BCUT2D eigenvalue weighted by Gasteiger charge is 2.13. The molecule has 2 heterocycles. The molecule has 0 aliphatic carbocycles. The van der Waals surface area contributed by atoms with Crippen molar-refractivity contribution in [1.29, 1.82) is 0 Å². The van der Waals surface area contributed by atoms with Crippen molar-refractivity contribution in [3.05, 3.63) is 106 Å². The van der Waals surface area contributed by atoms with Gasteiger partial charge in [-0.15, -0.1) is 0 Å². The molecule has 0 bridgehead atoms. The second-order valence-electron chi connectivity index (χ2n) is 7.46. The van der Waals surface area contributed by atoms with Crippen molar-refractivity contribution >= 4 is 45.0 Å². The van der Waals surface area contributed by atoms with Crippen molar-refractivity contribution < 1.29 is 4.79 Å². The number of amides is 1. The average molecular weight is 472 g/mol. The van der Waals surface area contributed by atoms with Crippen LogP contribution in [0.3, 0.4) is 0 Å². The fourth-order valence-electron chi connectivity index (χ4n) is 3.75. The summed E-state index contributed by atoms with van der Waals surface area (Å²) in [6.45, 7) is 1.98. The molecule has 2 aromatic heterocycles. The van der Waals surface area contributed by atoms with Gasteiger partial charge >= 0.3 is 0 Å². The highest BCUT2D eigenvalue weighted by atomic mass is 35.5. The van der Waals surface area contributed by atoms with E-state index in [2.05, 4.69) is 9.97 Å². The summed E-state index contributed by atoms with van der Waals surface area (Å²) in [5, 5.41) is 2.51. The van der Waals surface area contributed by atoms with Gasteiger partial charge in [0.15, 0.2) is 0 Å². The molecule has 0 saturated heterocycles. The third-order valence-electron chi connectivity index (χ3n) is 5.32. The maximum atomic E-state index is 12.8. The standard InChI is InChI=1S/C16H13ClN2O.C10H9N3O/c1-2-14-18-13-10-6-9-12(17)15(13)16(20)19(14)11-7-4-3-5-8-11;11-9-8(10(12)14)7-4-2-1-3-6(7)5-13-9/h3-10H,2H2,1H3;1-5H,(H2,11,13)(H2,12,14). The minimum absolute atomic E-state index is 0.122. The average Bonchev–Trinajstić information content (AvgIpc) is 2.84. The normalized spacial score (nSPS) is 10.6. The Bertz CT molecular complexity index is 1570. The maximum Gasteiger partial charge on any atom is 0.267 e. The van der Waals surface area contributed by atoms with Crippen molar-refractivity contribution in [3.8, 4) is 5.69 Å². The van der Waals surface area contributed by atoms with E-state index in [0.717, 1.165) is 22.3 Å². The van der Waals surface area contributed by atoms with Gasteiger partial charge in [0.2, 0.25) is 0 Å². The van der Waals surface area contributed by atoms with Gasteiger partial charge in [-0.3, -0.25) is 14.2 Å². The maximum absolute atomic E-state index is 12.8. The third kappa shape index (κ3) is 4.33. The van der Waals surface area contributed by atoms with Gasteiger partial charge in [-0.1, -0.05) is 67.1 Å². The summed E-state index contributed by atoms with van der Waals surface area (Å²) in [5.74, 6) is 0.360. The number of primary amides is 1. The number of nitrogens with zero attached hydrogens (tertiary/aromatic N) is 3. The molecule has 0 unspecified atom stereocenters. The molecule has 8 heteroatoms. The molecule has 0 radical (unpaired) electrons. The quantitative estimate of drug-likeness (QED) is 0.401. The number of fused-ring (bicyclic) bond motifs is 2. The topological polar surface area (TPSA) is 117 Å². The lowest BCUT2D eigenvalue weighted by molar-refractivity contribution is 0.100. The molecule has 5 aromatic rings. The van der Waals surface area contributed by atoms with E-state index in [4.69, 9.17) is 23.1 Å². The molecule has 0 saturated carbocycles. The van der Waals surface area contributed by atoms with Crippen molar-refractivity contribution in [2.24, 2.45) is 5.73 Å². The summed E-state index contributed by atoms with van der Waals surface area (Å²) in [5.41, 5.74) is 12.4.